The molecule has 100 valence electrons. The minimum Gasteiger partial charge on any atom is -0.465 e. The number of nitrogens with zero attached hydrogens (tertiary/aromatic N) is 1. The van der Waals surface area contributed by atoms with E-state index in [1.54, 1.807) is 13.0 Å². The van der Waals surface area contributed by atoms with Crippen molar-refractivity contribution in [3.63, 3.8) is 0 Å². The van der Waals surface area contributed by atoms with Crippen LogP contribution in [0.25, 0.3) is 0 Å². The normalized spacial score (nSPS) is 11.5. The van der Waals surface area contributed by atoms with Gasteiger partial charge in [0.25, 0.3) is 5.56 Å². The molecule has 0 bridgehead atoms. The zero-order chi connectivity index (χ0) is 14.6. The number of ketones is 1. The summed E-state index contributed by atoms with van der Waals surface area (Å²) in [6.45, 7) is 4.79. The SMILES string of the molecule is CCOC(=O)C(C)C(=O)c1cc(C#N)c(=O)[nH]c1C. The van der Waals surface area contributed by atoms with E-state index in [1.807, 2.05) is 0 Å². The van der Waals surface area contributed by atoms with E-state index in [0.29, 0.717) is 5.69 Å². The van der Waals surface area contributed by atoms with Crippen LogP contribution in [0, 0.1) is 24.2 Å². The molecule has 1 heterocycles. The number of ether oxygens (including phenoxy) is 1. The van der Waals surface area contributed by atoms with Crippen LogP contribution in [0.2, 0.25) is 0 Å². The second-order valence-electron chi connectivity index (χ2n) is 4.00. The van der Waals surface area contributed by atoms with Crippen molar-refractivity contribution in [2.75, 3.05) is 6.61 Å². The number of aryl methyl sites for hydroxylation is 1. The van der Waals surface area contributed by atoms with E-state index in [2.05, 4.69) is 4.98 Å². The Morgan fingerprint density at radius 1 is 1.53 bits per heavy atom. The predicted octanol–water partition coefficient (Wildman–Crippen LogP) is 0.937. The molecule has 1 unspecified atom stereocenters. The summed E-state index contributed by atoms with van der Waals surface area (Å²) in [6, 6.07) is 2.90. The number of aromatic nitrogens is 1. The van der Waals surface area contributed by atoms with Gasteiger partial charge in [0, 0.05) is 11.3 Å². The Labute approximate surface area is 110 Å². The van der Waals surface area contributed by atoms with Crippen LogP contribution in [-0.4, -0.2) is 23.3 Å². The van der Waals surface area contributed by atoms with E-state index in [0.717, 1.165) is 0 Å². The molecule has 0 radical (unpaired) electrons. The number of aromatic amines is 1. The van der Waals surface area contributed by atoms with Crippen molar-refractivity contribution in [2.45, 2.75) is 20.8 Å². The highest BCUT2D eigenvalue weighted by Gasteiger charge is 2.26. The molecule has 1 rings (SSSR count). The Balaban J connectivity index is 3.17. The molecule has 0 aliphatic carbocycles. The first-order valence-electron chi connectivity index (χ1n) is 5.77. The van der Waals surface area contributed by atoms with E-state index >= 15 is 0 Å². The van der Waals surface area contributed by atoms with Gasteiger partial charge in [0.05, 0.1) is 6.61 Å². The molecule has 0 spiro atoms. The largest absolute Gasteiger partial charge is 0.465 e. The Kier molecular flexibility index (Phi) is 4.59. The summed E-state index contributed by atoms with van der Waals surface area (Å²) in [7, 11) is 0. The van der Waals surface area contributed by atoms with Crippen LogP contribution >= 0.6 is 0 Å². The molecule has 0 fully saturated rings. The van der Waals surface area contributed by atoms with Crippen molar-refractivity contribution >= 4 is 11.8 Å². The molecule has 1 aromatic heterocycles. The number of H-pyrrole nitrogens is 1. The van der Waals surface area contributed by atoms with Crippen LogP contribution < -0.4 is 5.56 Å². The average molecular weight is 262 g/mol. The molecule has 0 aromatic carbocycles. The van der Waals surface area contributed by atoms with Crippen LogP contribution in [-0.2, 0) is 9.53 Å². The van der Waals surface area contributed by atoms with Crippen molar-refractivity contribution in [3.05, 3.63) is 33.2 Å². The van der Waals surface area contributed by atoms with E-state index in [9.17, 15) is 14.4 Å². The molecule has 0 aliphatic rings. The summed E-state index contributed by atoms with van der Waals surface area (Å²) in [5.74, 6) is -2.09. The number of carbonyl (C=O) groups is 2. The van der Waals surface area contributed by atoms with Gasteiger partial charge in [-0.3, -0.25) is 14.4 Å². The zero-order valence-corrected chi connectivity index (χ0v) is 10.9. The summed E-state index contributed by atoms with van der Waals surface area (Å²) in [5, 5.41) is 8.77. The molecular weight excluding hydrogens is 248 g/mol. The molecular formula is C13H14N2O4. The monoisotopic (exact) mass is 262 g/mol. The highest BCUT2D eigenvalue weighted by atomic mass is 16.5. The number of Topliss-reactive ketones (excluding diaryl/α,β-unsaturated/α-hetero) is 1. The summed E-state index contributed by atoms with van der Waals surface area (Å²) in [6.07, 6.45) is 0. The summed E-state index contributed by atoms with van der Waals surface area (Å²) in [4.78, 5) is 37.4. The molecule has 19 heavy (non-hydrogen) atoms. The van der Waals surface area contributed by atoms with Crippen molar-refractivity contribution in [1.29, 1.82) is 5.26 Å². The first-order valence-corrected chi connectivity index (χ1v) is 5.77. The smallest absolute Gasteiger partial charge is 0.316 e. The first-order chi connectivity index (χ1) is 8.92. The van der Waals surface area contributed by atoms with E-state index in [1.165, 1.54) is 19.9 Å². The zero-order valence-electron chi connectivity index (χ0n) is 10.9. The third-order valence-electron chi connectivity index (χ3n) is 2.66. The maximum atomic E-state index is 12.1. The fourth-order valence-electron chi connectivity index (χ4n) is 1.57. The summed E-state index contributed by atoms with van der Waals surface area (Å²) < 4.78 is 4.77. The van der Waals surface area contributed by atoms with Gasteiger partial charge in [0.1, 0.15) is 17.6 Å². The van der Waals surface area contributed by atoms with Crippen molar-refractivity contribution < 1.29 is 14.3 Å². The Morgan fingerprint density at radius 3 is 2.68 bits per heavy atom. The minimum absolute atomic E-state index is 0.150. The fraction of sp³-hybridized carbons (Fsp3) is 0.385. The van der Waals surface area contributed by atoms with Gasteiger partial charge in [0.15, 0.2) is 5.78 Å². The number of pyridine rings is 1. The van der Waals surface area contributed by atoms with Crippen LogP contribution in [0.4, 0.5) is 0 Å². The van der Waals surface area contributed by atoms with Gasteiger partial charge in [-0.25, -0.2) is 0 Å². The highest BCUT2D eigenvalue weighted by Crippen LogP contribution is 2.13. The molecule has 0 aliphatic heterocycles. The minimum atomic E-state index is -0.976. The fourth-order valence-corrected chi connectivity index (χ4v) is 1.57. The number of hydrogen-bond acceptors (Lipinski definition) is 5. The molecule has 1 aromatic rings. The quantitative estimate of drug-likeness (QED) is 0.494. The molecule has 1 N–H and O–H groups in total. The van der Waals surface area contributed by atoms with Gasteiger partial charge in [0.2, 0.25) is 0 Å². The topological polar surface area (TPSA) is 100 Å². The average Bonchev–Trinajstić information content (AvgIpc) is 2.37. The number of hydrogen-bond donors (Lipinski definition) is 1. The molecule has 6 heteroatoms. The highest BCUT2D eigenvalue weighted by molar-refractivity contribution is 6.09. The Hall–Kier alpha value is -2.42. The van der Waals surface area contributed by atoms with Gasteiger partial charge >= 0.3 is 5.97 Å². The van der Waals surface area contributed by atoms with Gasteiger partial charge in [-0.1, -0.05) is 0 Å². The third-order valence-corrected chi connectivity index (χ3v) is 2.66. The lowest BCUT2D eigenvalue weighted by molar-refractivity contribution is -0.145. The van der Waals surface area contributed by atoms with Gasteiger partial charge in [-0.15, -0.1) is 0 Å². The number of carbonyl (C=O) groups excluding carboxylic acids is 2. The molecule has 1 atom stereocenters. The number of esters is 1. The van der Waals surface area contributed by atoms with Crippen LogP contribution in [0.15, 0.2) is 10.9 Å². The number of nitriles is 1. The molecule has 0 saturated carbocycles. The Morgan fingerprint density at radius 2 is 2.16 bits per heavy atom. The molecule has 6 nitrogen and oxygen atoms in total. The van der Waals surface area contributed by atoms with Crippen molar-refractivity contribution in [1.82, 2.24) is 4.98 Å². The lowest BCUT2D eigenvalue weighted by Crippen LogP contribution is -2.26. The van der Waals surface area contributed by atoms with Crippen molar-refractivity contribution in [3.8, 4) is 6.07 Å². The lowest BCUT2D eigenvalue weighted by Gasteiger charge is -2.11. The van der Waals surface area contributed by atoms with Gasteiger partial charge in [-0.2, -0.15) is 5.26 Å². The second kappa shape index (κ2) is 5.96. The molecule has 0 amide bonds. The predicted molar refractivity (Wildman–Crippen MR) is 66.6 cm³/mol. The van der Waals surface area contributed by atoms with Gasteiger partial charge < -0.3 is 9.72 Å². The maximum absolute atomic E-state index is 12.1. The summed E-state index contributed by atoms with van der Waals surface area (Å²) >= 11 is 0. The number of rotatable bonds is 4. The lowest BCUT2D eigenvalue weighted by atomic mass is 9.97. The molecule has 0 saturated heterocycles. The standard InChI is InChI=1S/C13H14N2O4/c1-4-19-13(18)7(2)11(16)10-5-9(6-14)12(17)15-8(10)3/h5,7H,4H2,1-3H3,(H,15,17). The second-order valence-corrected chi connectivity index (χ2v) is 4.00. The van der Waals surface area contributed by atoms with Crippen molar-refractivity contribution in [2.24, 2.45) is 5.92 Å². The Bertz CT molecular complexity index is 610. The van der Waals surface area contributed by atoms with Gasteiger partial charge in [-0.05, 0) is 26.8 Å². The van der Waals surface area contributed by atoms with Crippen LogP contribution in [0.3, 0.4) is 0 Å². The number of nitrogens with one attached hydrogen (secondary N) is 1. The maximum Gasteiger partial charge on any atom is 0.316 e. The third kappa shape index (κ3) is 3.07. The van der Waals surface area contributed by atoms with Crippen LogP contribution in [0.1, 0.15) is 35.5 Å². The van der Waals surface area contributed by atoms with Crippen LogP contribution in [0.5, 0.6) is 0 Å². The summed E-state index contributed by atoms with van der Waals surface area (Å²) in [5.41, 5.74) is -0.243. The van der Waals surface area contributed by atoms with E-state index in [-0.39, 0.29) is 17.7 Å². The van der Waals surface area contributed by atoms with E-state index in [4.69, 9.17) is 10.00 Å². The van der Waals surface area contributed by atoms with E-state index < -0.39 is 23.2 Å². The first kappa shape index (κ1) is 14.6.